The van der Waals surface area contributed by atoms with Crippen molar-refractivity contribution >= 4 is 0 Å². The van der Waals surface area contributed by atoms with E-state index < -0.39 is 0 Å². The van der Waals surface area contributed by atoms with Gasteiger partial charge in [0.2, 0.25) is 0 Å². The maximum Gasteiger partial charge on any atom is -0.0120 e. The third-order valence-corrected chi connectivity index (χ3v) is 2.74. The Morgan fingerprint density at radius 1 is 1.17 bits per heavy atom. The highest BCUT2D eigenvalue weighted by Gasteiger charge is 2.20. The van der Waals surface area contributed by atoms with Gasteiger partial charge in [-0.25, -0.2) is 0 Å². The molecule has 0 heterocycles. The van der Waals surface area contributed by atoms with Crippen LogP contribution in [0.2, 0.25) is 0 Å². The van der Waals surface area contributed by atoms with E-state index in [-0.39, 0.29) is 0 Å². The first-order valence-corrected chi connectivity index (χ1v) is 5.05. The Morgan fingerprint density at radius 3 is 2.08 bits per heavy atom. The molecule has 0 aromatic rings. The Morgan fingerprint density at radius 2 is 1.75 bits per heavy atom. The second-order valence-electron chi connectivity index (χ2n) is 3.41. The standard InChI is InChI=1S/C12H22/c1-5-9-11-12(7-3,8-4)10-6-2/h5,9,11H,1,6-8,10H2,2-4H3. The summed E-state index contributed by atoms with van der Waals surface area (Å²) >= 11 is 0. The summed E-state index contributed by atoms with van der Waals surface area (Å²) in [6.07, 6.45) is 11.3. The molecule has 0 nitrogen and oxygen atoms in total. The molecule has 0 aliphatic rings. The van der Waals surface area contributed by atoms with Crippen LogP contribution in [-0.2, 0) is 0 Å². The van der Waals surface area contributed by atoms with E-state index in [0.717, 1.165) is 0 Å². The predicted molar refractivity (Wildman–Crippen MR) is 57.3 cm³/mol. The fourth-order valence-electron chi connectivity index (χ4n) is 1.69. The predicted octanol–water partition coefficient (Wildman–Crippen LogP) is 4.34. The Kier molecular flexibility index (Phi) is 5.79. The van der Waals surface area contributed by atoms with Crippen LogP contribution >= 0.6 is 0 Å². The molecule has 0 aliphatic heterocycles. The molecular weight excluding hydrogens is 144 g/mol. The van der Waals surface area contributed by atoms with E-state index >= 15 is 0 Å². The molecule has 0 radical (unpaired) electrons. The van der Waals surface area contributed by atoms with Crippen LogP contribution in [0.5, 0.6) is 0 Å². The molecule has 0 fully saturated rings. The van der Waals surface area contributed by atoms with E-state index in [4.69, 9.17) is 0 Å². The fourth-order valence-corrected chi connectivity index (χ4v) is 1.69. The minimum Gasteiger partial charge on any atom is -0.0991 e. The highest BCUT2D eigenvalue weighted by atomic mass is 14.2. The summed E-state index contributed by atoms with van der Waals surface area (Å²) in [5.41, 5.74) is 0.433. The van der Waals surface area contributed by atoms with Crippen molar-refractivity contribution in [2.45, 2.75) is 46.5 Å². The van der Waals surface area contributed by atoms with Crippen molar-refractivity contribution in [2.75, 3.05) is 0 Å². The van der Waals surface area contributed by atoms with Crippen LogP contribution in [0, 0.1) is 5.41 Å². The van der Waals surface area contributed by atoms with Crippen LogP contribution < -0.4 is 0 Å². The molecule has 0 amide bonds. The van der Waals surface area contributed by atoms with Gasteiger partial charge in [-0.15, -0.1) is 0 Å². The first-order chi connectivity index (χ1) is 5.74. The summed E-state index contributed by atoms with van der Waals surface area (Å²) in [7, 11) is 0. The van der Waals surface area contributed by atoms with Gasteiger partial charge >= 0.3 is 0 Å². The molecule has 70 valence electrons. The summed E-state index contributed by atoms with van der Waals surface area (Å²) in [6.45, 7) is 10.5. The topological polar surface area (TPSA) is 0 Å². The normalized spacial score (nSPS) is 12.2. The summed E-state index contributed by atoms with van der Waals surface area (Å²) in [5, 5.41) is 0. The van der Waals surface area contributed by atoms with Gasteiger partial charge in [0.25, 0.3) is 0 Å². The van der Waals surface area contributed by atoms with E-state index in [1.165, 1.54) is 25.7 Å². The van der Waals surface area contributed by atoms with Crippen molar-refractivity contribution in [3.8, 4) is 0 Å². The highest BCUT2D eigenvalue weighted by molar-refractivity contribution is 5.05. The van der Waals surface area contributed by atoms with Gasteiger partial charge in [-0.1, -0.05) is 52.0 Å². The van der Waals surface area contributed by atoms with E-state index in [0.29, 0.717) is 5.41 Å². The summed E-state index contributed by atoms with van der Waals surface area (Å²) in [4.78, 5) is 0. The zero-order valence-corrected chi connectivity index (χ0v) is 8.77. The first-order valence-electron chi connectivity index (χ1n) is 5.05. The molecule has 0 N–H and O–H groups in total. The van der Waals surface area contributed by atoms with Crippen molar-refractivity contribution in [1.82, 2.24) is 0 Å². The fraction of sp³-hybridized carbons (Fsp3) is 0.667. The quantitative estimate of drug-likeness (QED) is 0.515. The van der Waals surface area contributed by atoms with Crippen LogP contribution in [0.3, 0.4) is 0 Å². The molecule has 0 rings (SSSR count). The van der Waals surface area contributed by atoms with E-state index in [9.17, 15) is 0 Å². The number of hydrogen-bond donors (Lipinski definition) is 0. The highest BCUT2D eigenvalue weighted by Crippen LogP contribution is 2.33. The Hall–Kier alpha value is -0.520. The molecule has 0 unspecified atom stereocenters. The molecule has 0 saturated carbocycles. The van der Waals surface area contributed by atoms with Crippen molar-refractivity contribution < 1.29 is 0 Å². The first kappa shape index (κ1) is 11.5. The third-order valence-electron chi connectivity index (χ3n) is 2.74. The Balaban J connectivity index is 4.33. The third kappa shape index (κ3) is 3.25. The molecule has 0 aromatic carbocycles. The van der Waals surface area contributed by atoms with Crippen molar-refractivity contribution in [3.63, 3.8) is 0 Å². The maximum atomic E-state index is 3.71. The molecule has 0 saturated heterocycles. The van der Waals surface area contributed by atoms with Gasteiger partial charge in [-0.3, -0.25) is 0 Å². The van der Waals surface area contributed by atoms with Crippen molar-refractivity contribution in [2.24, 2.45) is 5.41 Å². The molecular formula is C12H22. The Bertz CT molecular complexity index is 138. The maximum absolute atomic E-state index is 3.71. The Labute approximate surface area is 77.4 Å². The SMILES string of the molecule is C=CC=CC(CC)(CC)CCC. The number of rotatable bonds is 6. The van der Waals surface area contributed by atoms with Crippen molar-refractivity contribution in [3.05, 3.63) is 24.8 Å². The smallest absolute Gasteiger partial charge is 0.0120 e. The van der Waals surface area contributed by atoms with E-state index in [2.05, 4.69) is 39.5 Å². The van der Waals surface area contributed by atoms with Gasteiger partial charge in [0.1, 0.15) is 0 Å². The largest absolute Gasteiger partial charge is 0.0991 e. The molecule has 0 spiro atoms. The number of hydrogen-bond acceptors (Lipinski definition) is 0. The lowest BCUT2D eigenvalue weighted by molar-refractivity contribution is 0.321. The lowest BCUT2D eigenvalue weighted by Crippen LogP contribution is -2.14. The molecule has 0 heteroatoms. The molecule has 0 aromatic heterocycles. The van der Waals surface area contributed by atoms with Crippen LogP contribution in [-0.4, -0.2) is 0 Å². The van der Waals surface area contributed by atoms with Crippen LogP contribution in [0.15, 0.2) is 24.8 Å². The second kappa shape index (κ2) is 6.05. The van der Waals surface area contributed by atoms with Gasteiger partial charge in [-0.2, -0.15) is 0 Å². The summed E-state index contributed by atoms with van der Waals surface area (Å²) in [6, 6.07) is 0. The summed E-state index contributed by atoms with van der Waals surface area (Å²) in [5.74, 6) is 0. The van der Waals surface area contributed by atoms with Crippen LogP contribution in [0.1, 0.15) is 46.5 Å². The zero-order chi connectivity index (χ0) is 9.45. The van der Waals surface area contributed by atoms with E-state index in [1.807, 2.05) is 6.08 Å². The van der Waals surface area contributed by atoms with Gasteiger partial charge in [0.05, 0.1) is 0 Å². The van der Waals surface area contributed by atoms with Gasteiger partial charge in [-0.05, 0) is 24.7 Å². The monoisotopic (exact) mass is 166 g/mol. The van der Waals surface area contributed by atoms with Gasteiger partial charge in [0, 0.05) is 0 Å². The number of allylic oxidation sites excluding steroid dienone is 3. The van der Waals surface area contributed by atoms with Gasteiger partial charge < -0.3 is 0 Å². The average Bonchev–Trinajstić information content (AvgIpc) is 2.13. The van der Waals surface area contributed by atoms with Crippen LogP contribution in [0.25, 0.3) is 0 Å². The second-order valence-corrected chi connectivity index (χ2v) is 3.41. The van der Waals surface area contributed by atoms with Crippen molar-refractivity contribution in [1.29, 1.82) is 0 Å². The summed E-state index contributed by atoms with van der Waals surface area (Å²) < 4.78 is 0. The minimum atomic E-state index is 0.433. The van der Waals surface area contributed by atoms with Gasteiger partial charge in [0.15, 0.2) is 0 Å². The van der Waals surface area contributed by atoms with E-state index in [1.54, 1.807) is 0 Å². The average molecular weight is 166 g/mol. The lowest BCUT2D eigenvalue weighted by Gasteiger charge is -2.27. The lowest BCUT2D eigenvalue weighted by atomic mass is 9.78. The minimum absolute atomic E-state index is 0.433. The van der Waals surface area contributed by atoms with Crippen LogP contribution in [0.4, 0.5) is 0 Å². The molecule has 0 aliphatic carbocycles. The zero-order valence-electron chi connectivity index (χ0n) is 8.77. The molecule has 0 atom stereocenters. The molecule has 0 bridgehead atoms. The molecule has 12 heavy (non-hydrogen) atoms.